The van der Waals surface area contributed by atoms with Crippen molar-refractivity contribution >= 4 is 11.9 Å². The van der Waals surface area contributed by atoms with Crippen molar-refractivity contribution in [3.05, 3.63) is 0 Å². The van der Waals surface area contributed by atoms with E-state index >= 15 is 0 Å². The Bertz CT molecular complexity index is 427. The molecular formula is C14H20O5. The summed E-state index contributed by atoms with van der Waals surface area (Å²) in [5.41, 5.74) is -0.564. The third-order valence-corrected chi connectivity index (χ3v) is 5.63. The van der Waals surface area contributed by atoms with Crippen molar-refractivity contribution in [1.29, 1.82) is 0 Å². The van der Waals surface area contributed by atoms with E-state index in [9.17, 15) is 9.59 Å². The summed E-state index contributed by atoms with van der Waals surface area (Å²) in [6.45, 7) is 4.38. The number of carbonyl (C=O) groups is 2. The standard InChI is InChI=1S/C14H20O5/c1-13(2)7-5-8(13)14(9(6-7)19-14)10(11(15)17-3)12(16)18-4/h7-10H,5-6H2,1-4H3/t7-,8-,9+,14+/m1/s1. The molecule has 106 valence electrons. The van der Waals surface area contributed by atoms with Crippen LogP contribution in [0.5, 0.6) is 0 Å². The summed E-state index contributed by atoms with van der Waals surface area (Å²) in [7, 11) is 2.59. The second kappa shape index (κ2) is 3.72. The second-order valence-corrected chi connectivity index (χ2v) is 6.48. The molecule has 4 aliphatic rings. The van der Waals surface area contributed by atoms with E-state index in [1.54, 1.807) is 0 Å². The number of esters is 2. The van der Waals surface area contributed by atoms with E-state index in [0.29, 0.717) is 5.92 Å². The molecule has 0 aromatic carbocycles. The van der Waals surface area contributed by atoms with Crippen LogP contribution in [0, 0.1) is 23.2 Å². The van der Waals surface area contributed by atoms with Crippen molar-refractivity contribution in [1.82, 2.24) is 0 Å². The molecule has 0 amide bonds. The first kappa shape index (κ1) is 12.9. The van der Waals surface area contributed by atoms with Gasteiger partial charge in [-0.3, -0.25) is 9.59 Å². The van der Waals surface area contributed by atoms with E-state index in [1.165, 1.54) is 14.2 Å². The van der Waals surface area contributed by atoms with Crippen LogP contribution >= 0.6 is 0 Å². The molecular weight excluding hydrogens is 248 g/mol. The van der Waals surface area contributed by atoms with Gasteiger partial charge in [-0.2, -0.15) is 0 Å². The van der Waals surface area contributed by atoms with Gasteiger partial charge in [0, 0.05) is 0 Å². The second-order valence-electron chi connectivity index (χ2n) is 6.48. The van der Waals surface area contributed by atoms with Crippen LogP contribution in [0.2, 0.25) is 0 Å². The first-order valence-corrected chi connectivity index (χ1v) is 6.73. The van der Waals surface area contributed by atoms with E-state index in [1.807, 2.05) is 0 Å². The minimum Gasteiger partial charge on any atom is -0.468 e. The largest absolute Gasteiger partial charge is 0.468 e. The highest BCUT2D eigenvalue weighted by Crippen LogP contribution is 2.72. The Kier molecular flexibility index (Phi) is 2.53. The maximum atomic E-state index is 12.0. The van der Waals surface area contributed by atoms with Crippen LogP contribution in [0.15, 0.2) is 0 Å². The third kappa shape index (κ3) is 1.39. The average Bonchev–Trinajstić information content (AvgIpc) is 3.12. The Hall–Kier alpha value is -1.10. The molecule has 5 heteroatoms. The van der Waals surface area contributed by atoms with Crippen LogP contribution in [-0.2, 0) is 23.8 Å². The highest BCUT2D eigenvalue weighted by Gasteiger charge is 2.80. The maximum absolute atomic E-state index is 12.0. The van der Waals surface area contributed by atoms with Gasteiger partial charge < -0.3 is 14.2 Å². The zero-order valence-electron chi connectivity index (χ0n) is 11.8. The van der Waals surface area contributed by atoms with Gasteiger partial charge in [-0.1, -0.05) is 13.8 Å². The highest BCUT2D eigenvalue weighted by molar-refractivity contribution is 5.97. The van der Waals surface area contributed by atoms with Crippen molar-refractivity contribution in [2.75, 3.05) is 14.2 Å². The molecule has 3 saturated carbocycles. The van der Waals surface area contributed by atoms with Crippen LogP contribution in [0.1, 0.15) is 26.7 Å². The van der Waals surface area contributed by atoms with Crippen LogP contribution in [0.3, 0.4) is 0 Å². The first-order valence-electron chi connectivity index (χ1n) is 6.73. The summed E-state index contributed by atoms with van der Waals surface area (Å²) >= 11 is 0. The highest BCUT2D eigenvalue weighted by atomic mass is 16.6. The molecule has 0 aromatic rings. The first-order chi connectivity index (χ1) is 8.89. The van der Waals surface area contributed by atoms with Gasteiger partial charge in [0.15, 0.2) is 5.92 Å². The smallest absolute Gasteiger partial charge is 0.323 e. The lowest BCUT2D eigenvalue weighted by Gasteiger charge is -2.58. The Morgan fingerprint density at radius 3 is 2.21 bits per heavy atom. The summed E-state index contributed by atoms with van der Waals surface area (Å²) in [6, 6.07) is 0. The Morgan fingerprint density at radius 1 is 1.16 bits per heavy atom. The van der Waals surface area contributed by atoms with Crippen molar-refractivity contribution in [3.63, 3.8) is 0 Å². The molecule has 4 rings (SSSR count). The van der Waals surface area contributed by atoms with Crippen LogP contribution in [0.4, 0.5) is 0 Å². The topological polar surface area (TPSA) is 65.1 Å². The Balaban J connectivity index is 1.95. The monoisotopic (exact) mass is 268 g/mol. The normalized spacial score (nSPS) is 41.0. The zero-order chi connectivity index (χ0) is 14.0. The van der Waals surface area contributed by atoms with E-state index < -0.39 is 23.5 Å². The maximum Gasteiger partial charge on any atom is 0.323 e. The summed E-state index contributed by atoms with van der Waals surface area (Å²) in [5, 5.41) is 0. The van der Waals surface area contributed by atoms with E-state index in [2.05, 4.69) is 13.8 Å². The lowest BCUT2D eigenvalue weighted by molar-refractivity contribution is -0.172. The fraction of sp³-hybridized carbons (Fsp3) is 0.857. The molecule has 0 unspecified atom stereocenters. The molecule has 0 radical (unpaired) electrons. The van der Waals surface area contributed by atoms with Crippen LogP contribution in [0.25, 0.3) is 0 Å². The van der Waals surface area contributed by atoms with Crippen LogP contribution in [-0.4, -0.2) is 37.9 Å². The van der Waals surface area contributed by atoms with E-state index in [-0.39, 0.29) is 17.4 Å². The summed E-state index contributed by atoms with van der Waals surface area (Å²) < 4.78 is 15.5. The molecule has 4 atom stereocenters. The molecule has 1 saturated heterocycles. The fourth-order valence-corrected chi connectivity index (χ4v) is 4.35. The number of hydrogen-bond donors (Lipinski definition) is 0. The van der Waals surface area contributed by atoms with Gasteiger partial charge in [0.1, 0.15) is 5.60 Å². The van der Waals surface area contributed by atoms with Crippen LogP contribution < -0.4 is 0 Å². The third-order valence-electron chi connectivity index (χ3n) is 5.63. The minimum atomic E-state index is -0.946. The molecule has 1 aliphatic heterocycles. The molecule has 3 aliphatic carbocycles. The van der Waals surface area contributed by atoms with Crippen molar-refractivity contribution in [2.45, 2.75) is 38.4 Å². The molecule has 4 fully saturated rings. The molecule has 19 heavy (non-hydrogen) atoms. The molecule has 1 heterocycles. The van der Waals surface area contributed by atoms with Crippen molar-refractivity contribution in [3.8, 4) is 0 Å². The number of hydrogen-bond acceptors (Lipinski definition) is 5. The quantitative estimate of drug-likeness (QED) is 0.436. The predicted molar refractivity (Wildman–Crippen MR) is 65.1 cm³/mol. The molecule has 5 nitrogen and oxygen atoms in total. The van der Waals surface area contributed by atoms with Crippen molar-refractivity contribution in [2.24, 2.45) is 23.2 Å². The summed E-state index contributed by atoms with van der Waals surface area (Å²) in [6.07, 6.45) is 1.95. The van der Waals surface area contributed by atoms with Crippen molar-refractivity contribution < 1.29 is 23.8 Å². The van der Waals surface area contributed by atoms with Gasteiger partial charge in [0.25, 0.3) is 0 Å². The lowest BCUT2D eigenvalue weighted by atomic mass is 9.44. The number of ether oxygens (including phenoxy) is 3. The lowest BCUT2D eigenvalue weighted by Crippen LogP contribution is -2.61. The Morgan fingerprint density at radius 2 is 1.74 bits per heavy atom. The summed E-state index contributed by atoms with van der Waals surface area (Å²) in [4.78, 5) is 24.0. The molecule has 2 bridgehead atoms. The SMILES string of the molecule is COC(=O)C(C(=O)OC)[C@@]12O[C@H]1C[C@H]1C[C@@H]2C1(C)C. The van der Waals surface area contributed by atoms with E-state index in [0.717, 1.165) is 12.8 Å². The van der Waals surface area contributed by atoms with Gasteiger partial charge in [0.05, 0.1) is 20.3 Å². The molecule has 0 aromatic heterocycles. The molecule has 0 spiro atoms. The Labute approximate surface area is 112 Å². The van der Waals surface area contributed by atoms with Gasteiger partial charge >= 0.3 is 11.9 Å². The number of carbonyl (C=O) groups excluding carboxylic acids is 2. The van der Waals surface area contributed by atoms with Gasteiger partial charge in [-0.25, -0.2) is 0 Å². The van der Waals surface area contributed by atoms with Gasteiger partial charge in [-0.15, -0.1) is 0 Å². The van der Waals surface area contributed by atoms with E-state index in [4.69, 9.17) is 14.2 Å². The minimum absolute atomic E-state index is 0.00692. The summed E-state index contributed by atoms with van der Waals surface area (Å²) in [5.74, 6) is -1.18. The number of epoxide rings is 1. The zero-order valence-corrected chi connectivity index (χ0v) is 11.8. The average molecular weight is 268 g/mol. The number of rotatable bonds is 3. The predicted octanol–water partition coefficient (Wildman–Crippen LogP) is 1.15. The van der Waals surface area contributed by atoms with Gasteiger partial charge in [-0.05, 0) is 30.1 Å². The van der Waals surface area contributed by atoms with Gasteiger partial charge in [0.2, 0.25) is 0 Å². The fourth-order valence-electron chi connectivity index (χ4n) is 4.35. The number of methoxy groups -OCH3 is 2. The molecule has 0 N–H and O–H groups in total.